The van der Waals surface area contributed by atoms with Crippen molar-refractivity contribution in [2.75, 3.05) is 25.5 Å². The summed E-state index contributed by atoms with van der Waals surface area (Å²) in [6.45, 7) is 1.38. The van der Waals surface area contributed by atoms with Gasteiger partial charge < -0.3 is 47.4 Å². The molecule has 0 unspecified atom stereocenters. The SMILES string of the molecule is O=C(O[C@@H]1[C@@H](OCc2ccccc2)[C@H](SC2=NCCS2)O[C@H](CO[C@@H]2O[C@H](COCc3ccccc3)[C@@H](OCc3ccccc3)[C@H](OCc3ccccc3)[C@H]2OCc2ccccn2)[C@H]1OC(=O)c1ccccc1)c1ccccc1. The van der Waals surface area contributed by atoms with E-state index in [2.05, 4.69) is 4.98 Å². The minimum atomic E-state index is -1.30. The van der Waals surface area contributed by atoms with Crippen molar-refractivity contribution in [2.45, 2.75) is 93.6 Å². The van der Waals surface area contributed by atoms with Crippen LogP contribution in [-0.2, 0) is 80.4 Å². The molecule has 0 radical (unpaired) electrons. The zero-order chi connectivity index (χ0) is 53.9. The quantitative estimate of drug-likeness (QED) is 0.0527. The lowest BCUT2D eigenvalue weighted by Crippen LogP contribution is -2.64. The van der Waals surface area contributed by atoms with Gasteiger partial charge in [-0.1, -0.05) is 187 Å². The van der Waals surface area contributed by atoms with Crippen LogP contribution in [0, 0.1) is 0 Å². The number of aromatic nitrogens is 1. The predicted octanol–water partition coefficient (Wildman–Crippen LogP) is 10.7. The maximum atomic E-state index is 14.4. The summed E-state index contributed by atoms with van der Waals surface area (Å²) in [6.07, 6.45) is -7.43. The summed E-state index contributed by atoms with van der Waals surface area (Å²) < 4.78 is 69.2. The monoisotopic (exact) mass is 1100 g/mol. The number of benzene rings is 6. The summed E-state index contributed by atoms with van der Waals surface area (Å²) >= 11 is 2.96. The minimum Gasteiger partial charge on any atom is -0.452 e. The van der Waals surface area contributed by atoms with Crippen LogP contribution in [0.4, 0.5) is 0 Å². The summed E-state index contributed by atoms with van der Waals surface area (Å²) in [5.41, 5.74) is 4.13. The van der Waals surface area contributed by atoms with Crippen molar-refractivity contribution >= 4 is 39.8 Å². The molecule has 0 N–H and O–H groups in total. The third kappa shape index (κ3) is 15.9. The maximum absolute atomic E-state index is 14.4. The van der Waals surface area contributed by atoms with Gasteiger partial charge >= 0.3 is 11.9 Å². The number of nitrogens with zero attached hydrogens (tertiary/aromatic N) is 2. The molecular weight excluding hydrogens is 1040 g/mol. The van der Waals surface area contributed by atoms with Crippen molar-refractivity contribution in [1.82, 2.24) is 4.98 Å². The summed E-state index contributed by atoms with van der Waals surface area (Å²) in [4.78, 5) is 38.2. The van der Waals surface area contributed by atoms with Gasteiger partial charge in [-0.2, -0.15) is 0 Å². The van der Waals surface area contributed by atoms with Gasteiger partial charge in [0.25, 0.3) is 0 Å². The number of hydrogen-bond donors (Lipinski definition) is 0. The van der Waals surface area contributed by atoms with Crippen LogP contribution in [0.3, 0.4) is 0 Å². The van der Waals surface area contributed by atoms with Crippen molar-refractivity contribution in [3.05, 3.63) is 245 Å². The van der Waals surface area contributed by atoms with E-state index in [1.54, 1.807) is 66.5 Å². The molecule has 7 aromatic rings. The van der Waals surface area contributed by atoms with Gasteiger partial charge in [0.15, 0.2) is 18.5 Å². The molecule has 4 heterocycles. The number of esters is 2. The number of ether oxygens (including phenoxy) is 10. The van der Waals surface area contributed by atoms with Crippen LogP contribution >= 0.6 is 23.5 Å². The summed E-state index contributed by atoms with van der Waals surface area (Å²) in [6, 6.07) is 62.2. The number of pyridine rings is 1. The number of carbonyl (C=O) groups excluding carboxylic acids is 2. The first kappa shape index (κ1) is 55.8. The van der Waals surface area contributed by atoms with E-state index >= 15 is 0 Å². The fourth-order valence-electron chi connectivity index (χ4n) is 9.31. The molecule has 0 spiro atoms. The fraction of sp³-hybridized carbons (Fsp3) is 0.302. The van der Waals surface area contributed by atoms with E-state index in [0.29, 0.717) is 24.4 Å². The molecule has 3 aliphatic heterocycles. The molecule has 2 fully saturated rings. The first-order valence-corrected chi connectivity index (χ1v) is 28.3. The van der Waals surface area contributed by atoms with E-state index < -0.39 is 72.5 Å². The molecule has 14 nitrogen and oxygen atoms in total. The molecule has 6 aromatic carbocycles. The number of carbonyl (C=O) groups is 2. The van der Waals surface area contributed by atoms with E-state index in [1.807, 2.05) is 152 Å². The van der Waals surface area contributed by atoms with E-state index in [0.717, 1.165) is 32.4 Å². The van der Waals surface area contributed by atoms with Gasteiger partial charge in [0.1, 0.15) is 46.4 Å². The Bertz CT molecular complexity index is 2960. The van der Waals surface area contributed by atoms with Gasteiger partial charge in [-0.25, -0.2) is 9.59 Å². The number of rotatable bonds is 24. The number of hydrogen-bond acceptors (Lipinski definition) is 16. The van der Waals surface area contributed by atoms with Gasteiger partial charge in [0, 0.05) is 11.9 Å². The fourth-order valence-corrected chi connectivity index (χ4v) is 11.6. The van der Waals surface area contributed by atoms with Crippen LogP contribution in [-0.4, -0.2) is 107 Å². The molecular formula is C63H62N2O12S2. The Morgan fingerprint density at radius 2 is 0.949 bits per heavy atom. The Labute approximate surface area is 469 Å². The summed E-state index contributed by atoms with van der Waals surface area (Å²) in [5, 5.41) is 0. The predicted molar refractivity (Wildman–Crippen MR) is 301 cm³/mol. The lowest BCUT2D eigenvalue weighted by atomic mass is 9.97. The van der Waals surface area contributed by atoms with Gasteiger partial charge in [0.05, 0.1) is 69.6 Å². The smallest absolute Gasteiger partial charge is 0.338 e. The van der Waals surface area contributed by atoms with Crippen molar-refractivity contribution in [2.24, 2.45) is 4.99 Å². The summed E-state index contributed by atoms with van der Waals surface area (Å²) in [7, 11) is 0. The van der Waals surface area contributed by atoms with Crippen molar-refractivity contribution in [3.8, 4) is 0 Å². The Morgan fingerprint density at radius 1 is 0.468 bits per heavy atom. The molecule has 0 amide bonds. The zero-order valence-corrected chi connectivity index (χ0v) is 45.0. The Kier molecular flexibility index (Phi) is 20.5. The van der Waals surface area contributed by atoms with Crippen molar-refractivity contribution < 1.29 is 57.0 Å². The number of aliphatic imine (C=N–C) groups is 1. The van der Waals surface area contributed by atoms with Crippen LogP contribution < -0.4 is 0 Å². The minimum absolute atomic E-state index is 0.0637. The molecule has 16 heteroatoms. The normalized spacial score (nSPS) is 23.8. The molecule has 0 aliphatic carbocycles. The second kappa shape index (κ2) is 29.1. The van der Waals surface area contributed by atoms with Crippen molar-refractivity contribution in [3.63, 3.8) is 0 Å². The van der Waals surface area contributed by atoms with E-state index in [1.165, 1.54) is 11.8 Å². The summed E-state index contributed by atoms with van der Waals surface area (Å²) in [5.74, 6) is -0.522. The highest BCUT2D eigenvalue weighted by Crippen LogP contribution is 2.40. The highest BCUT2D eigenvalue weighted by molar-refractivity contribution is 8.39. The van der Waals surface area contributed by atoms with E-state index in [4.69, 9.17) is 52.4 Å². The second-order valence-corrected chi connectivity index (χ2v) is 21.3. The van der Waals surface area contributed by atoms with Gasteiger partial charge in [-0.3, -0.25) is 9.98 Å². The Balaban J connectivity index is 1.03. The first-order valence-electron chi connectivity index (χ1n) is 26.4. The largest absolute Gasteiger partial charge is 0.452 e. The molecule has 10 rings (SSSR count). The molecule has 3 aliphatic rings. The third-order valence-corrected chi connectivity index (χ3v) is 15.6. The topological polar surface area (TPSA) is 152 Å². The lowest BCUT2D eigenvalue weighted by Gasteiger charge is -2.47. The van der Waals surface area contributed by atoms with Gasteiger partial charge in [-0.15, -0.1) is 0 Å². The number of thioether (sulfide) groups is 2. The molecule has 408 valence electrons. The van der Waals surface area contributed by atoms with E-state index in [-0.39, 0.29) is 45.2 Å². The second-order valence-electron chi connectivity index (χ2n) is 18.9. The molecule has 1 aromatic heterocycles. The van der Waals surface area contributed by atoms with Crippen LogP contribution in [0.2, 0.25) is 0 Å². The van der Waals surface area contributed by atoms with Crippen LogP contribution in [0.25, 0.3) is 0 Å². The average Bonchev–Trinajstić information content (AvgIpc) is 4.10. The third-order valence-electron chi connectivity index (χ3n) is 13.3. The maximum Gasteiger partial charge on any atom is 0.338 e. The standard InChI is InChI=1S/C63H62N2O12S2/c66-59(48-29-15-5-16-30-48)76-54-52(75-62(79-63-65-35-36-78-63)58(71-40-47-27-13-4-14-28-47)56(54)77-60(67)49-31-17-6-18-32-49)43-73-61-57(72-41-50-33-19-20-34-64-50)55(70-39-46-25-11-3-12-26-46)53(69-38-45-23-9-2-10-24-45)51(74-61)42-68-37-44-21-7-1-8-22-44/h1-34,51-58,61-62H,35-43H2/t51-,52-,53-,54-,55+,56+,57-,58-,61-,62+/m1/s1. The highest BCUT2D eigenvalue weighted by Gasteiger charge is 2.54. The van der Waals surface area contributed by atoms with Crippen LogP contribution in [0.5, 0.6) is 0 Å². The molecule has 0 saturated carbocycles. The highest BCUT2D eigenvalue weighted by atomic mass is 32.2. The Hall–Kier alpha value is -6.54. The lowest BCUT2D eigenvalue weighted by molar-refractivity contribution is -0.335. The molecule has 10 atom stereocenters. The van der Waals surface area contributed by atoms with Crippen molar-refractivity contribution in [1.29, 1.82) is 0 Å². The van der Waals surface area contributed by atoms with Crippen LogP contribution in [0.1, 0.15) is 48.7 Å². The van der Waals surface area contributed by atoms with Gasteiger partial charge in [-0.05, 0) is 58.7 Å². The first-order chi connectivity index (χ1) is 39.0. The van der Waals surface area contributed by atoms with E-state index in [9.17, 15) is 9.59 Å². The zero-order valence-electron chi connectivity index (χ0n) is 43.4. The Morgan fingerprint density at radius 3 is 1.48 bits per heavy atom. The molecule has 2 saturated heterocycles. The molecule has 0 bridgehead atoms. The molecule has 79 heavy (non-hydrogen) atoms. The van der Waals surface area contributed by atoms with Crippen LogP contribution in [0.15, 0.2) is 211 Å². The van der Waals surface area contributed by atoms with Gasteiger partial charge in [0.2, 0.25) is 0 Å². The average molecular weight is 1100 g/mol.